The zero-order valence-corrected chi connectivity index (χ0v) is 11.2. The molecule has 0 saturated heterocycles. The van der Waals surface area contributed by atoms with Gasteiger partial charge in [0.2, 0.25) is 0 Å². The molecule has 0 radical (unpaired) electrons. The Morgan fingerprint density at radius 2 is 2.16 bits per heavy atom. The molecule has 19 heavy (non-hydrogen) atoms. The highest BCUT2D eigenvalue weighted by Crippen LogP contribution is 2.27. The average Bonchev–Trinajstić information content (AvgIpc) is 2.36. The Labute approximate surface area is 114 Å². The molecule has 0 spiro atoms. The number of H-pyrrole nitrogens is 1. The van der Waals surface area contributed by atoms with Crippen molar-refractivity contribution in [3.05, 3.63) is 40.2 Å². The molecule has 0 amide bonds. The van der Waals surface area contributed by atoms with Crippen LogP contribution in [0.3, 0.4) is 0 Å². The van der Waals surface area contributed by atoms with Gasteiger partial charge in [-0.15, -0.1) is 0 Å². The quantitative estimate of drug-likeness (QED) is 0.441. The molecule has 0 saturated carbocycles. The van der Waals surface area contributed by atoms with Crippen LogP contribution >= 0.6 is 11.8 Å². The van der Waals surface area contributed by atoms with E-state index in [0.29, 0.717) is 22.3 Å². The molecule has 1 heterocycles. The largest absolute Gasteiger partial charge is 0.496 e. The third kappa shape index (κ3) is 3.41. The fourth-order valence-electron chi connectivity index (χ4n) is 1.55. The number of benzene rings is 1. The molecule has 100 valence electrons. The first kappa shape index (κ1) is 13.3. The third-order valence-corrected chi connectivity index (χ3v) is 3.34. The Morgan fingerprint density at radius 1 is 1.37 bits per heavy atom. The van der Waals surface area contributed by atoms with Gasteiger partial charge in [-0.1, -0.05) is 17.8 Å². The lowest BCUT2D eigenvalue weighted by Crippen LogP contribution is -2.09. The van der Waals surface area contributed by atoms with Crippen molar-refractivity contribution in [2.24, 2.45) is 0 Å². The zero-order chi connectivity index (χ0) is 13.8. The number of thioether (sulfide) groups is 1. The van der Waals surface area contributed by atoms with E-state index in [4.69, 9.17) is 16.2 Å². The summed E-state index contributed by atoms with van der Waals surface area (Å²) >= 11 is 1.37. The van der Waals surface area contributed by atoms with Crippen LogP contribution in [0.5, 0.6) is 5.75 Å². The summed E-state index contributed by atoms with van der Waals surface area (Å²) in [5.41, 5.74) is 12.5. The molecule has 2 rings (SSSR count). The first-order valence-corrected chi connectivity index (χ1v) is 6.49. The van der Waals surface area contributed by atoms with E-state index in [1.54, 1.807) is 19.2 Å². The van der Waals surface area contributed by atoms with Crippen molar-refractivity contribution < 1.29 is 4.74 Å². The Kier molecular flexibility index (Phi) is 3.96. The Hall–Kier alpha value is -2.15. The highest BCUT2D eigenvalue weighted by Gasteiger charge is 2.06. The van der Waals surface area contributed by atoms with Crippen molar-refractivity contribution in [3.63, 3.8) is 0 Å². The number of nitrogens with two attached hydrogens (primary N) is 2. The van der Waals surface area contributed by atoms with Crippen molar-refractivity contribution in [2.75, 3.05) is 18.6 Å². The van der Waals surface area contributed by atoms with Crippen LogP contribution in [-0.2, 0) is 5.75 Å². The predicted octanol–water partition coefficient (Wildman–Crippen LogP) is 1.24. The lowest BCUT2D eigenvalue weighted by molar-refractivity contribution is 0.411. The van der Waals surface area contributed by atoms with E-state index in [1.165, 1.54) is 17.8 Å². The van der Waals surface area contributed by atoms with Crippen LogP contribution in [0.1, 0.15) is 5.56 Å². The van der Waals surface area contributed by atoms with Crippen molar-refractivity contribution >= 4 is 23.3 Å². The predicted molar refractivity (Wildman–Crippen MR) is 76.2 cm³/mol. The lowest BCUT2D eigenvalue weighted by atomic mass is 10.2. The number of hydrogen-bond donors (Lipinski definition) is 3. The second-order valence-corrected chi connectivity index (χ2v) is 4.80. The van der Waals surface area contributed by atoms with Crippen molar-refractivity contribution in [1.82, 2.24) is 9.97 Å². The number of methoxy groups -OCH3 is 1. The maximum atomic E-state index is 11.3. The zero-order valence-electron chi connectivity index (χ0n) is 10.3. The second kappa shape index (κ2) is 5.66. The van der Waals surface area contributed by atoms with Crippen LogP contribution in [0, 0.1) is 0 Å². The molecular formula is C12H14N4O2S. The summed E-state index contributed by atoms with van der Waals surface area (Å²) in [7, 11) is 1.59. The standard InChI is InChI=1S/C12H14N4O2S/c1-18-9-4-8(13)3-2-7(9)6-19-12-15-10(14)5-11(17)16-12/h2-5H,6,13H2,1H3,(H3,14,15,16,17). The van der Waals surface area contributed by atoms with Crippen LogP contribution in [0.4, 0.5) is 11.5 Å². The van der Waals surface area contributed by atoms with Gasteiger partial charge in [0.1, 0.15) is 11.6 Å². The summed E-state index contributed by atoms with van der Waals surface area (Å²) < 4.78 is 5.25. The molecule has 0 aliphatic heterocycles. The number of ether oxygens (including phenoxy) is 1. The molecule has 0 unspecified atom stereocenters. The molecule has 0 bridgehead atoms. The highest BCUT2D eigenvalue weighted by atomic mass is 32.2. The van der Waals surface area contributed by atoms with Gasteiger partial charge < -0.3 is 21.2 Å². The van der Waals surface area contributed by atoms with Crippen molar-refractivity contribution in [2.45, 2.75) is 10.9 Å². The molecule has 0 fully saturated rings. The molecule has 2 aromatic rings. The van der Waals surface area contributed by atoms with E-state index in [-0.39, 0.29) is 11.4 Å². The summed E-state index contributed by atoms with van der Waals surface area (Å²) in [6, 6.07) is 6.68. The number of nitrogens with one attached hydrogen (secondary N) is 1. The van der Waals surface area contributed by atoms with Gasteiger partial charge in [0.25, 0.3) is 5.56 Å². The number of nitrogens with zero attached hydrogens (tertiary/aromatic N) is 1. The monoisotopic (exact) mass is 278 g/mol. The molecule has 1 aromatic heterocycles. The molecular weight excluding hydrogens is 264 g/mol. The van der Waals surface area contributed by atoms with E-state index < -0.39 is 0 Å². The Balaban J connectivity index is 2.16. The van der Waals surface area contributed by atoms with Gasteiger partial charge in [0, 0.05) is 29.1 Å². The van der Waals surface area contributed by atoms with Crippen LogP contribution in [0.15, 0.2) is 34.2 Å². The molecule has 1 aromatic carbocycles. The number of aromatic nitrogens is 2. The average molecular weight is 278 g/mol. The lowest BCUT2D eigenvalue weighted by Gasteiger charge is -2.08. The van der Waals surface area contributed by atoms with E-state index in [2.05, 4.69) is 9.97 Å². The minimum absolute atomic E-state index is 0.204. The third-order valence-electron chi connectivity index (χ3n) is 2.42. The minimum atomic E-state index is -0.265. The topological polar surface area (TPSA) is 107 Å². The fraction of sp³-hybridized carbons (Fsp3) is 0.167. The number of nitrogen functional groups attached to an aromatic ring is 2. The van der Waals surface area contributed by atoms with Gasteiger partial charge in [-0.2, -0.15) is 0 Å². The van der Waals surface area contributed by atoms with Crippen molar-refractivity contribution in [1.29, 1.82) is 0 Å². The molecule has 6 nitrogen and oxygen atoms in total. The van der Waals surface area contributed by atoms with Crippen LogP contribution in [0.25, 0.3) is 0 Å². The van der Waals surface area contributed by atoms with E-state index >= 15 is 0 Å². The fourth-order valence-corrected chi connectivity index (χ4v) is 2.42. The molecule has 5 N–H and O–H groups in total. The van der Waals surface area contributed by atoms with E-state index in [0.717, 1.165) is 5.56 Å². The smallest absolute Gasteiger partial charge is 0.253 e. The van der Waals surface area contributed by atoms with Crippen molar-refractivity contribution in [3.8, 4) is 5.75 Å². The number of aromatic amines is 1. The van der Waals surface area contributed by atoms with E-state index in [1.807, 2.05) is 6.07 Å². The van der Waals surface area contributed by atoms with Gasteiger partial charge in [-0.25, -0.2) is 4.98 Å². The van der Waals surface area contributed by atoms with E-state index in [9.17, 15) is 4.79 Å². The van der Waals surface area contributed by atoms with Gasteiger partial charge in [-0.3, -0.25) is 4.79 Å². The maximum absolute atomic E-state index is 11.3. The number of rotatable bonds is 4. The number of hydrogen-bond acceptors (Lipinski definition) is 6. The van der Waals surface area contributed by atoms with Gasteiger partial charge >= 0.3 is 0 Å². The first-order valence-electron chi connectivity index (χ1n) is 5.50. The first-order chi connectivity index (χ1) is 9.08. The van der Waals surface area contributed by atoms with Crippen LogP contribution in [-0.4, -0.2) is 17.1 Å². The Morgan fingerprint density at radius 3 is 2.84 bits per heavy atom. The summed E-state index contributed by atoms with van der Waals surface area (Å²) in [5.74, 6) is 1.50. The second-order valence-electron chi connectivity index (χ2n) is 3.84. The SMILES string of the molecule is COc1cc(N)ccc1CSc1nc(N)cc(=O)[nH]1. The van der Waals surface area contributed by atoms with Crippen LogP contribution in [0.2, 0.25) is 0 Å². The van der Waals surface area contributed by atoms with Gasteiger partial charge in [0.15, 0.2) is 5.16 Å². The summed E-state index contributed by atoms with van der Waals surface area (Å²) in [5, 5.41) is 0.476. The summed E-state index contributed by atoms with van der Waals surface area (Å²) in [6.45, 7) is 0. The summed E-state index contributed by atoms with van der Waals surface area (Å²) in [4.78, 5) is 17.9. The van der Waals surface area contributed by atoms with Gasteiger partial charge in [0.05, 0.1) is 7.11 Å². The minimum Gasteiger partial charge on any atom is -0.496 e. The highest BCUT2D eigenvalue weighted by molar-refractivity contribution is 7.98. The normalized spacial score (nSPS) is 10.4. The molecule has 0 aliphatic rings. The molecule has 0 aliphatic carbocycles. The van der Waals surface area contributed by atoms with Gasteiger partial charge in [-0.05, 0) is 6.07 Å². The van der Waals surface area contributed by atoms with Crippen LogP contribution < -0.4 is 21.8 Å². The molecule has 0 atom stereocenters. The number of anilines is 2. The maximum Gasteiger partial charge on any atom is 0.253 e. The molecule has 7 heteroatoms. The summed E-state index contributed by atoms with van der Waals surface area (Å²) in [6.07, 6.45) is 0. The Bertz CT molecular complexity index is 642.